The molecular formula is C22H27ClFN5O2. The Morgan fingerprint density at radius 3 is 2.65 bits per heavy atom. The van der Waals surface area contributed by atoms with E-state index in [1.165, 1.54) is 10.9 Å². The summed E-state index contributed by atoms with van der Waals surface area (Å²) in [6.45, 7) is 2.25. The Hall–Kier alpha value is -2.19. The molecule has 4 aliphatic carbocycles. The lowest BCUT2D eigenvalue weighted by Crippen LogP contribution is -2.61. The van der Waals surface area contributed by atoms with Crippen LogP contribution in [0.5, 0.6) is 0 Å². The van der Waals surface area contributed by atoms with Crippen LogP contribution in [0, 0.1) is 23.6 Å². The molecule has 4 aliphatic rings. The number of aryl methyl sites for hydroxylation is 1. The number of halogens is 2. The summed E-state index contributed by atoms with van der Waals surface area (Å²) in [6, 6.07) is 3.33. The smallest absolute Gasteiger partial charge is 0.275 e. The lowest BCUT2D eigenvalue weighted by atomic mass is 9.52. The molecule has 2 unspecified atom stereocenters. The Morgan fingerprint density at radius 2 is 2.06 bits per heavy atom. The molecule has 4 saturated carbocycles. The highest BCUT2D eigenvalue weighted by Gasteiger charge is 2.55. The van der Waals surface area contributed by atoms with Gasteiger partial charge in [-0.3, -0.25) is 4.79 Å². The van der Waals surface area contributed by atoms with Gasteiger partial charge in [-0.05, 0) is 68.9 Å². The molecule has 0 saturated heterocycles. The summed E-state index contributed by atoms with van der Waals surface area (Å²) < 4.78 is 16.9. The number of amides is 1. The van der Waals surface area contributed by atoms with Gasteiger partial charge < -0.3 is 15.3 Å². The van der Waals surface area contributed by atoms with Crippen molar-refractivity contribution in [2.24, 2.45) is 17.8 Å². The predicted molar refractivity (Wildman–Crippen MR) is 115 cm³/mol. The normalized spacial score (nSPS) is 31.1. The number of carbonyl (C=O) groups excluding carboxylic acids is 1. The zero-order valence-corrected chi connectivity index (χ0v) is 18.4. The summed E-state index contributed by atoms with van der Waals surface area (Å²) in [4.78, 5) is 18.9. The van der Waals surface area contributed by atoms with E-state index in [0.717, 1.165) is 19.3 Å². The zero-order valence-electron chi connectivity index (χ0n) is 17.7. The van der Waals surface area contributed by atoms with Crippen LogP contribution in [0.4, 0.5) is 16.0 Å². The van der Waals surface area contributed by atoms with Crippen LogP contribution < -0.4 is 10.2 Å². The van der Waals surface area contributed by atoms with Crippen LogP contribution in [0.2, 0.25) is 5.02 Å². The Kier molecular flexibility index (Phi) is 4.97. The van der Waals surface area contributed by atoms with Crippen LogP contribution in [0.15, 0.2) is 18.3 Å². The Morgan fingerprint density at radius 1 is 1.35 bits per heavy atom. The Bertz CT molecular complexity index is 994. The third kappa shape index (κ3) is 3.49. The van der Waals surface area contributed by atoms with Crippen molar-refractivity contribution in [3.05, 3.63) is 34.9 Å². The Balaban J connectivity index is 1.39. The maximum atomic E-state index is 15.4. The number of aromatic nitrogens is 3. The molecule has 2 atom stereocenters. The molecule has 2 aromatic heterocycles. The van der Waals surface area contributed by atoms with Crippen LogP contribution in [0.25, 0.3) is 0 Å². The molecule has 7 nitrogen and oxygen atoms in total. The molecule has 1 amide bonds. The quantitative estimate of drug-likeness (QED) is 0.732. The number of carbonyl (C=O) groups is 1. The van der Waals surface area contributed by atoms with Gasteiger partial charge in [-0.15, -0.1) is 0 Å². The first-order valence-corrected chi connectivity index (χ1v) is 11.3. The van der Waals surface area contributed by atoms with E-state index >= 15 is 4.39 Å². The van der Waals surface area contributed by atoms with Crippen LogP contribution in [-0.4, -0.2) is 44.5 Å². The Labute approximate surface area is 185 Å². The second-order valence-corrected chi connectivity index (χ2v) is 9.83. The minimum atomic E-state index is -0.666. The van der Waals surface area contributed by atoms with Gasteiger partial charge in [0, 0.05) is 25.8 Å². The van der Waals surface area contributed by atoms with Gasteiger partial charge in [0.25, 0.3) is 5.91 Å². The topological polar surface area (TPSA) is 83.3 Å². The summed E-state index contributed by atoms with van der Waals surface area (Å²) in [5.74, 6) is 0.558. The van der Waals surface area contributed by atoms with Gasteiger partial charge in [-0.2, -0.15) is 5.10 Å². The van der Waals surface area contributed by atoms with Gasteiger partial charge in [0.15, 0.2) is 17.3 Å². The monoisotopic (exact) mass is 447 g/mol. The van der Waals surface area contributed by atoms with Crippen molar-refractivity contribution < 1.29 is 14.3 Å². The van der Waals surface area contributed by atoms with Crippen molar-refractivity contribution in [2.75, 3.05) is 11.9 Å². The third-order valence-electron chi connectivity index (χ3n) is 7.30. The standard InChI is InChI=1S/C22H27ClFN5O2/c1-3-29-21(28(2)16-5-4-15(23)11-25-16)17(24)19(27-29)20(30)26-18-13-6-12-7-14(18)10-22(31,8-12)9-13/h4-5,11-14,18,31H,3,6-10H2,1-2H3,(H,26,30). The van der Waals surface area contributed by atoms with E-state index < -0.39 is 17.3 Å². The first-order valence-electron chi connectivity index (χ1n) is 10.9. The minimum absolute atomic E-state index is 0.0328. The van der Waals surface area contributed by atoms with Crippen LogP contribution in [0.1, 0.15) is 49.5 Å². The van der Waals surface area contributed by atoms with Crippen molar-refractivity contribution in [2.45, 2.75) is 57.2 Å². The van der Waals surface area contributed by atoms with Crippen LogP contribution in [-0.2, 0) is 6.54 Å². The van der Waals surface area contributed by atoms with Gasteiger partial charge in [0.05, 0.1) is 10.6 Å². The highest BCUT2D eigenvalue weighted by atomic mass is 35.5. The van der Waals surface area contributed by atoms with E-state index in [-0.39, 0.29) is 29.4 Å². The van der Waals surface area contributed by atoms with E-state index in [1.807, 2.05) is 6.92 Å². The average molecular weight is 448 g/mol. The van der Waals surface area contributed by atoms with Crippen molar-refractivity contribution in [1.82, 2.24) is 20.1 Å². The van der Waals surface area contributed by atoms with E-state index in [4.69, 9.17) is 11.6 Å². The number of rotatable bonds is 5. The fraction of sp³-hybridized carbons (Fsp3) is 0.591. The van der Waals surface area contributed by atoms with Gasteiger partial charge in [-0.1, -0.05) is 11.6 Å². The number of hydrogen-bond donors (Lipinski definition) is 2. The van der Waals surface area contributed by atoms with E-state index in [1.54, 1.807) is 24.1 Å². The number of nitrogens with one attached hydrogen (secondary N) is 1. The molecule has 4 fully saturated rings. The molecule has 0 spiro atoms. The second-order valence-electron chi connectivity index (χ2n) is 9.39. The highest BCUT2D eigenvalue weighted by Crippen LogP contribution is 2.55. The molecule has 31 heavy (non-hydrogen) atoms. The minimum Gasteiger partial charge on any atom is -0.390 e. The molecule has 0 radical (unpaired) electrons. The highest BCUT2D eigenvalue weighted by molar-refractivity contribution is 6.30. The molecule has 4 bridgehead atoms. The number of aliphatic hydroxyl groups is 1. The summed E-state index contributed by atoms with van der Waals surface area (Å²) in [5, 5.41) is 18.6. The molecule has 2 aromatic rings. The number of hydrogen-bond acceptors (Lipinski definition) is 5. The number of anilines is 2. The zero-order chi connectivity index (χ0) is 21.9. The molecule has 2 heterocycles. The third-order valence-corrected chi connectivity index (χ3v) is 7.52. The lowest BCUT2D eigenvalue weighted by molar-refractivity contribution is -0.137. The SMILES string of the molecule is CCn1nc(C(=O)NC2C3CC4CC2CC(O)(C4)C3)c(F)c1N(C)c1ccc(Cl)cn1. The summed E-state index contributed by atoms with van der Waals surface area (Å²) in [7, 11) is 1.68. The van der Waals surface area contributed by atoms with Gasteiger partial charge in [0.1, 0.15) is 5.82 Å². The number of pyridine rings is 1. The van der Waals surface area contributed by atoms with Crippen molar-refractivity contribution >= 4 is 29.1 Å². The molecular weight excluding hydrogens is 421 g/mol. The fourth-order valence-electron chi connectivity index (χ4n) is 6.23. The molecule has 6 rings (SSSR count). The summed E-state index contributed by atoms with van der Waals surface area (Å²) >= 11 is 5.91. The first-order chi connectivity index (χ1) is 14.8. The van der Waals surface area contributed by atoms with Crippen molar-refractivity contribution in [3.8, 4) is 0 Å². The molecule has 0 aromatic carbocycles. The van der Waals surface area contributed by atoms with Crippen LogP contribution >= 0.6 is 11.6 Å². The van der Waals surface area contributed by atoms with E-state index in [0.29, 0.717) is 36.1 Å². The molecule has 2 N–H and O–H groups in total. The molecule has 166 valence electrons. The predicted octanol–water partition coefficient (Wildman–Crippen LogP) is 3.53. The maximum Gasteiger partial charge on any atom is 0.275 e. The summed E-state index contributed by atoms with van der Waals surface area (Å²) in [5.41, 5.74) is -0.779. The van der Waals surface area contributed by atoms with Gasteiger partial charge in [-0.25, -0.2) is 14.1 Å². The first kappa shape index (κ1) is 20.7. The van der Waals surface area contributed by atoms with Gasteiger partial charge >= 0.3 is 0 Å². The lowest BCUT2D eigenvalue weighted by Gasteiger charge is -2.58. The van der Waals surface area contributed by atoms with Crippen molar-refractivity contribution in [3.63, 3.8) is 0 Å². The van der Waals surface area contributed by atoms with Crippen molar-refractivity contribution in [1.29, 1.82) is 0 Å². The van der Waals surface area contributed by atoms with E-state index in [2.05, 4.69) is 15.4 Å². The fourth-order valence-corrected chi connectivity index (χ4v) is 6.34. The van der Waals surface area contributed by atoms with Gasteiger partial charge in [0.2, 0.25) is 0 Å². The summed E-state index contributed by atoms with van der Waals surface area (Å²) in [6.07, 6.45) is 5.84. The average Bonchev–Trinajstić information content (AvgIpc) is 3.06. The number of nitrogens with zero attached hydrogens (tertiary/aromatic N) is 4. The van der Waals surface area contributed by atoms with E-state index in [9.17, 15) is 9.90 Å². The van der Waals surface area contributed by atoms with Crippen LogP contribution in [0.3, 0.4) is 0 Å². The largest absolute Gasteiger partial charge is 0.390 e. The molecule has 0 aliphatic heterocycles. The molecule has 9 heteroatoms. The second kappa shape index (κ2) is 7.45. The maximum absolute atomic E-state index is 15.4.